The van der Waals surface area contributed by atoms with Crippen LogP contribution < -0.4 is 16.0 Å². The topological polar surface area (TPSA) is 70.2 Å². The molecule has 1 fully saturated rings. The molecule has 5 nitrogen and oxygen atoms in total. The summed E-state index contributed by atoms with van der Waals surface area (Å²) in [7, 11) is 0. The fourth-order valence-corrected chi connectivity index (χ4v) is 4.19. The molecular weight excluding hydrogens is 394 g/mol. The molecule has 0 bridgehead atoms. The quantitative estimate of drug-likeness (QED) is 0.617. The largest absolute Gasteiger partial charge is 0.356 e. The molecule has 0 saturated carbocycles. The summed E-state index contributed by atoms with van der Waals surface area (Å²) in [4.78, 5) is 24.2. The summed E-state index contributed by atoms with van der Waals surface area (Å²) >= 11 is 7.49. The van der Waals surface area contributed by atoms with Crippen LogP contribution in [-0.2, 0) is 21.8 Å². The van der Waals surface area contributed by atoms with Crippen LogP contribution in [0.15, 0.2) is 54.6 Å². The minimum atomic E-state index is -0.187. The van der Waals surface area contributed by atoms with Gasteiger partial charge < -0.3 is 10.6 Å². The van der Waals surface area contributed by atoms with Crippen LogP contribution in [0.2, 0.25) is 5.02 Å². The maximum absolute atomic E-state index is 12.2. The number of benzene rings is 2. The van der Waals surface area contributed by atoms with Gasteiger partial charge in [0, 0.05) is 36.2 Å². The molecule has 2 atom stereocenters. The molecule has 1 aliphatic heterocycles. The first kappa shape index (κ1) is 20.7. The summed E-state index contributed by atoms with van der Waals surface area (Å²) < 4.78 is 0. The van der Waals surface area contributed by atoms with Crippen molar-refractivity contribution < 1.29 is 9.59 Å². The van der Waals surface area contributed by atoms with E-state index in [-0.39, 0.29) is 29.8 Å². The minimum Gasteiger partial charge on any atom is -0.356 e. The predicted octanol–water partition coefficient (Wildman–Crippen LogP) is 3.08. The second kappa shape index (κ2) is 10.5. The van der Waals surface area contributed by atoms with E-state index < -0.39 is 0 Å². The van der Waals surface area contributed by atoms with Crippen molar-refractivity contribution in [2.24, 2.45) is 0 Å². The maximum Gasteiger partial charge on any atom is 0.223 e. The van der Waals surface area contributed by atoms with Crippen LogP contribution in [0.5, 0.6) is 0 Å². The zero-order valence-electron chi connectivity index (χ0n) is 15.5. The normalized spacial score (nSPS) is 19.1. The van der Waals surface area contributed by atoms with Crippen LogP contribution in [0.25, 0.3) is 0 Å². The first-order chi connectivity index (χ1) is 13.6. The Hall–Kier alpha value is -2.02. The Bertz CT molecular complexity index is 786. The Morgan fingerprint density at radius 3 is 2.61 bits per heavy atom. The van der Waals surface area contributed by atoms with E-state index in [0.717, 1.165) is 17.7 Å². The zero-order chi connectivity index (χ0) is 19.8. The fraction of sp³-hybridized carbons (Fsp3) is 0.333. The molecule has 0 radical (unpaired) electrons. The number of rotatable bonds is 8. The molecular formula is C21H24ClN3O2S. The Labute approximate surface area is 174 Å². The van der Waals surface area contributed by atoms with Gasteiger partial charge in [0.05, 0.1) is 0 Å². The van der Waals surface area contributed by atoms with E-state index in [1.807, 2.05) is 42.5 Å². The van der Waals surface area contributed by atoms with Crippen LogP contribution in [-0.4, -0.2) is 29.9 Å². The summed E-state index contributed by atoms with van der Waals surface area (Å²) in [6.07, 6.45) is 1.35. The summed E-state index contributed by atoms with van der Waals surface area (Å²) in [5.41, 5.74) is 2.14. The van der Waals surface area contributed by atoms with Crippen molar-refractivity contribution in [2.45, 2.75) is 36.6 Å². The highest BCUT2D eigenvalue weighted by Crippen LogP contribution is 2.18. The molecule has 2 aromatic carbocycles. The highest BCUT2D eigenvalue weighted by atomic mass is 35.5. The van der Waals surface area contributed by atoms with E-state index in [1.165, 1.54) is 5.56 Å². The minimum absolute atomic E-state index is 0.0247. The van der Waals surface area contributed by atoms with Crippen LogP contribution in [0.1, 0.15) is 24.0 Å². The number of carbonyl (C=O) groups excluding carboxylic acids is 2. The molecule has 1 heterocycles. The van der Waals surface area contributed by atoms with Crippen molar-refractivity contribution in [1.82, 2.24) is 16.0 Å². The van der Waals surface area contributed by atoms with Gasteiger partial charge in [-0.3, -0.25) is 14.9 Å². The lowest BCUT2D eigenvalue weighted by molar-refractivity contribution is -0.125. The third kappa shape index (κ3) is 6.86. The molecule has 2 aromatic rings. The molecule has 2 unspecified atom stereocenters. The van der Waals surface area contributed by atoms with Crippen molar-refractivity contribution in [1.29, 1.82) is 0 Å². The van der Waals surface area contributed by atoms with Crippen LogP contribution in [0.3, 0.4) is 0 Å². The molecule has 0 aromatic heterocycles. The van der Waals surface area contributed by atoms with Gasteiger partial charge in [-0.1, -0.05) is 54.1 Å². The Balaban J connectivity index is 1.40. The number of nitrogens with one attached hydrogen (secondary N) is 3. The van der Waals surface area contributed by atoms with Gasteiger partial charge in [0.15, 0.2) is 0 Å². The SMILES string of the molecule is O=C(CC1CC(=O)NC(SCc2ccccc2)N1)NCCc1ccc(Cl)cc1. The standard InChI is InChI=1S/C21H24ClN3O2S/c22-17-8-6-15(7-9-17)10-11-23-19(26)12-18-13-20(27)25-21(24-18)28-14-16-4-2-1-3-5-16/h1-9,18,21,24H,10-14H2,(H,23,26)(H,25,27). The van der Waals surface area contributed by atoms with Gasteiger partial charge in [-0.15, -0.1) is 11.8 Å². The molecule has 0 spiro atoms. The van der Waals surface area contributed by atoms with E-state index in [0.29, 0.717) is 18.0 Å². The van der Waals surface area contributed by atoms with Gasteiger partial charge in [-0.25, -0.2) is 0 Å². The molecule has 7 heteroatoms. The van der Waals surface area contributed by atoms with E-state index in [2.05, 4.69) is 28.1 Å². The molecule has 28 heavy (non-hydrogen) atoms. The van der Waals surface area contributed by atoms with Crippen molar-refractivity contribution in [2.75, 3.05) is 6.54 Å². The van der Waals surface area contributed by atoms with Crippen LogP contribution in [0.4, 0.5) is 0 Å². The van der Waals surface area contributed by atoms with Crippen molar-refractivity contribution in [3.63, 3.8) is 0 Å². The van der Waals surface area contributed by atoms with Gasteiger partial charge in [0.25, 0.3) is 0 Å². The fourth-order valence-electron chi connectivity index (χ4n) is 3.01. The Morgan fingerprint density at radius 1 is 1.11 bits per heavy atom. The number of thioether (sulfide) groups is 1. The number of hydrogen-bond donors (Lipinski definition) is 3. The Kier molecular flexibility index (Phi) is 7.77. The first-order valence-electron chi connectivity index (χ1n) is 9.30. The number of carbonyl (C=O) groups is 2. The third-order valence-corrected chi connectivity index (χ3v) is 5.79. The van der Waals surface area contributed by atoms with Crippen molar-refractivity contribution in [3.8, 4) is 0 Å². The average molecular weight is 418 g/mol. The van der Waals surface area contributed by atoms with Crippen molar-refractivity contribution >= 4 is 35.2 Å². The molecule has 0 aliphatic carbocycles. The highest BCUT2D eigenvalue weighted by molar-refractivity contribution is 7.99. The molecule has 1 aliphatic rings. The molecule has 1 saturated heterocycles. The van der Waals surface area contributed by atoms with Gasteiger partial charge in [0.1, 0.15) is 5.50 Å². The summed E-state index contributed by atoms with van der Waals surface area (Å²) in [5.74, 6) is 0.718. The highest BCUT2D eigenvalue weighted by Gasteiger charge is 2.27. The molecule has 2 amide bonds. The van der Waals surface area contributed by atoms with E-state index >= 15 is 0 Å². The monoisotopic (exact) mass is 417 g/mol. The smallest absolute Gasteiger partial charge is 0.223 e. The lowest BCUT2D eigenvalue weighted by atomic mass is 10.1. The summed E-state index contributed by atoms with van der Waals surface area (Å²) in [5, 5.41) is 9.92. The van der Waals surface area contributed by atoms with E-state index in [4.69, 9.17) is 11.6 Å². The van der Waals surface area contributed by atoms with Crippen molar-refractivity contribution in [3.05, 3.63) is 70.7 Å². The van der Waals surface area contributed by atoms with Crippen LogP contribution >= 0.6 is 23.4 Å². The summed E-state index contributed by atoms with van der Waals surface area (Å²) in [6.45, 7) is 0.561. The number of amides is 2. The second-order valence-corrected chi connectivity index (χ2v) is 8.27. The van der Waals surface area contributed by atoms with E-state index in [1.54, 1.807) is 11.8 Å². The predicted molar refractivity (Wildman–Crippen MR) is 114 cm³/mol. The molecule has 3 rings (SSSR count). The van der Waals surface area contributed by atoms with Gasteiger partial charge in [-0.05, 0) is 29.7 Å². The Morgan fingerprint density at radius 2 is 1.86 bits per heavy atom. The number of hydrogen-bond acceptors (Lipinski definition) is 4. The summed E-state index contributed by atoms with van der Waals surface area (Å²) in [6, 6.07) is 17.5. The van der Waals surface area contributed by atoms with Gasteiger partial charge in [0.2, 0.25) is 11.8 Å². The number of halogens is 1. The molecule has 3 N–H and O–H groups in total. The second-order valence-electron chi connectivity index (χ2n) is 6.74. The lowest BCUT2D eigenvalue weighted by Crippen LogP contribution is -2.55. The lowest BCUT2D eigenvalue weighted by Gasteiger charge is -2.31. The van der Waals surface area contributed by atoms with E-state index in [9.17, 15) is 9.59 Å². The zero-order valence-corrected chi connectivity index (χ0v) is 17.1. The van der Waals surface area contributed by atoms with Gasteiger partial charge >= 0.3 is 0 Å². The third-order valence-electron chi connectivity index (χ3n) is 4.45. The van der Waals surface area contributed by atoms with Gasteiger partial charge in [-0.2, -0.15) is 0 Å². The average Bonchev–Trinajstić information content (AvgIpc) is 2.68. The maximum atomic E-state index is 12.2. The van der Waals surface area contributed by atoms with Crippen LogP contribution in [0, 0.1) is 0 Å². The molecule has 148 valence electrons. The first-order valence-corrected chi connectivity index (χ1v) is 10.7.